The third-order valence-electron chi connectivity index (χ3n) is 3.74. The molecule has 82 valence electrons. The summed E-state index contributed by atoms with van der Waals surface area (Å²) in [5.41, 5.74) is 5.31. The lowest BCUT2D eigenvalue weighted by Gasteiger charge is -2.59. The fraction of sp³-hybridized carbons (Fsp3) is 1.00. The summed E-state index contributed by atoms with van der Waals surface area (Å²) < 4.78 is 5.39. The second kappa shape index (κ2) is 2.94. The summed E-state index contributed by atoms with van der Waals surface area (Å²) in [6.45, 7) is 5.65. The molecule has 1 atom stereocenters. The molecule has 2 rings (SSSR count). The van der Waals surface area contributed by atoms with Gasteiger partial charge >= 0.3 is 0 Å². The third kappa shape index (κ3) is 1.47. The van der Waals surface area contributed by atoms with Crippen LogP contribution in [0.15, 0.2) is 0 Å². The molecule has 0 aromatic carbocycles. The van der Waals surface area contributed by atoms with Crippen molar-refractivity contribution in [3.63, 3.8) is 0 Å². The van der Waals surface area contributed by atoms with Gasteiger partial charge in [-0.2, -0.15) is 0 Å². The van der Waals surface area contributed by atoms with E-state index in [0.29, 0.717) is 6.61 Å². The Hall–Kier alpha value is -0.120. The van der Waals surface area contributed by atoms with Gasteiger partial charge in [-0.3, -0.25) is 0 Å². The minimum atomic E-state index is -0.684. The van der Waals surface area contributed by atoms with Crippen LogP contribution >= 0.6 is 0 Å². The second-order valence-corrected chi connectivity index (χ2v) is 5.86. The zero-order chi connectivity index (χ0) is 10.4. The topological polar surface area (TPSA) is 55.5 Å². The van der Waals surface area contributed by atoms with Crippen molar-refractivity contribution < 1.29 is 9.84 Å². The third-order valence-corrected chi connectivity index (χ3v) is 3.74. The quantitative estimate of drug-likeness (QED) is 0.663. The van der Waals surface area contributed by atoms with Crippen LogP contribution in [0.25, 0.3) is 0 Å². The van der Waals surface area contributed by atoms with E-state index in [1.807, 2.05) is 0 Å². The summed E-state index contributed by atoms with van der Waals surface area (Å²) in [6, 6.07) is 0. The molecule has 0 amide bonds. The van der Waals surface area contributed by atoms with E-state index in [-0.39, 0.29) is 5.41 Å². The van der Waals surface area contributed by atoms with Gasteiger partial charge < -0.3 is 15.6 Å². The smallest absolute Gasteiger partial charge is 0.0859 e. The molecule has 1 aliphatic heterocycles. The lowest BCUT2D eigenvalue weighted by molar-refractivity contribution is -0.187. The van der Waals surface area contributed by atoms with Crippen molar-refractivity contribution in [2.75, 3.05) is 13.2 Å². The largest absolute Gasteiger partial charge is 0.388 e. The van der Waals surface area contributed by atoms with Crippen LogP contribution in [-0.2, 0) is 4.74 Å². The summed E-state index contributed by atoms with van der Waals surface area (Å²) in [4.78, 5) is 0. The number of nitrogens with two attached hydrogens (primary N) is 1. The van der Waals surface area contributed by atoms with Gasteiger partial charge in [0.05, 0.1) is 17.7 Å². The van der Waals surface area contributed by atoms with Crippen molar-refractivity contribution in [1.82, 2.24) is 0 Å². The second-order valence-electron chi connectivity index (χ2n) is 5.86. The highest BCUT2D eigenvalue weighted by Gasteiger charge is 2.59. The first-order valence-corrected chi connectivity index (χ1v) is 5.46. The van der Waals surface area contributed by atoms with Gasteiger partial charge in [0.1, 0.15) is 0 Å². The molecule has 1 unspecified atom stereocenters. The Morgan fingerprint density at radius 2 is 1.93 bits per heavy atom. The molecular weight excluding hydrogens is 178 g/mol. The molecule has 1 heterocycles. The molecule has 14 heavy (non-hydrogen) atoms. The van der Waals surface area contributed by atoms with Gasteiger partial charge in [-0.1, -0.05) is 13.8 Å². The number of ether oxygens (including phenoxy) is 1. The Kier molecular flexibility index (Phi) is 2.18. The van der Waals surface area contributed by atoms with Crippen LogP contribution in [0.5, 0.6) is 0 Å². The van der Waals surface area contributed by atoms with Gasteiger partial charge in [-0.15, -0.1) is 0 Å². The van der Waals surface area contributed by atoms with Crippen LogP contribution in [0.2, 0.25) is 0 Å². The zero-order valence-electron chi connectivity index (χ0n) is 9.18. The molecule has 3 N–H and O–H groups in total. The van der Waals surface area contributed by atoms with Crippen molar-refractivity contribution in [3.8, 4) is 0 Å². The van der Waals surface area contributed by atoms with Gasteiger partial charge in [-0.05, 0) is 31.1 Å². The fourth-order valence-electron chi connectivity index (χ4n) is 3.07. The minimum absolute atomic E-state index is 0.249. The maximum atomic E-state index is 10.4. The highest BCUT2D eigenvalue weighted by Crippen LogP contribution is 2.53. The monoisotopic (exact) mass is 199 g/mol. The lowest BCUT2D eigenvalue weighted by Crippen LogP contribution is -2.71. The minimum Gasteiger partial charge on any atom is -0.388 e. The molecule has 2 aliphatic rings. The first kappa shape index (κ1) is 10.4. The SMILES string of the molecule is CC1(C)CC(O)(C2(N)CCCOC2)C1. The van der Waals surface area contributed by atoms with Crippen LogP contribution in [0.3, 0.4) is 0 Å². The van der Waals surface area contributed by atoms with E-state index < -0.39 is 11.1 Å². The molecule has 1 aliphatic carbocycles. The zero-order valence-corrected chi connectivity index (χ0v) is 9.18. The fourth-order valence-corrected chi connectivity index (χ4v) is 3.07. The molecule has 3 nitrogen and oxygen atoms in total. The normalized spacial score (nSPS) is 40.3. The Labute approximate surface area is 85.6 Å². The van der Waals surface area contributed by atoms with E-state index >= 15 is 0 Å². The molecule has 0 aromatic rings. The van der Waals surface area contributed by atoms with E-state index in [2.05, 4.69) is 13.8 Å². The molecule has 2 fully saturated rings. The van der Waals surface area contributed by atoms with Crippen LogP contribution in [-0.4, -0.2) is 29.5 Å². The molecule has 1 saturated heterocycles. The van der Waals surface area contributed by atoms with E-state index in [1.54, 1.807) is 0 Å². The first-order chi connectivity index (χ1) is 6.37. The molecule has 0 radical (unpaired) electrons. The van der Waals surface area contributed by atoms with Crippen molar-refractivity contribution in [3.05, 3.63) is 0 Å². The molecule has 0 bridgehead atoms. The predicted molar refractivity (Wildman–Crippen MR) is 54.9 cm³/mol. The van der Waals surface area contributed by atoms with Crippen LogP contribution in [0.1, 0.15) is 39.5 Å². The average Bonchev–Trinajstić information content (AvgIpc) is 2.01. The number of rotatable bonds is 1. The van der Waals surface area contributed by atoms with Gasteiger partial charge in [0.15, 0.2) is 0 Å². The summed E-state index contributed by atoms with van der Waals surface area (Å²) in [5.74, 6) is 0. The Bertz CT molecular complexity index is 223. The molecule has 1 saturated carbocycles. The van der Waals surface area contributed by atoms with Gasteiger partial charge in [0.2, 0.25) is 0 Å². The Morgan fingerprint density at radius 3 is 2.36 bits per heavy atom. The summed E-state index contributed by atoms with van der Waals surface area (Å²) in [5, 5.41) is 10.4. The maximum Gasteiger partial charge on any atom is 0.0859 e. The van der Waals surface area contributed by atoms with Gasteiger partial charge in [0, 0.05) is 6.61 Å². The van der Waals surface area contributed by atoms with E-state index in [4.69, 9.17) is 10.5 Å². The van der Waals surface area contributed by atoms with Crippen molar-refractivity contribution in [2.24, 2.45) is 11.1 Å². The van der Waals surface area contributed by atoms with Crippen molar-refractivity contribution in [1.29, 1.82) is 0 Å². The summed E-state index contributed by atoms with van der Waals surface area (Å²) in [7, 11) is 0. The standard InChI is InChI=1S/C11H21NO2/c1-9(2)6-11(13,7-9)10(12)4-3-5-14-8-10/h13H,3-8,12H2,1-2H3. The Balaban J connectivity index is 2.07. The first-order valence-electron chi connectivity index (χ1n) is 5.46. The van der Waals surface area contributed by atoms with Crippen molar-refractivity contribution >= 4 is 0 Å². The van der Waals surface area contributed by atoms with Crippen LogP contribution in [0.4, 0.5) is 0 Å². The number of hydrogen-bond donors (Lipinski definition) is 2. The predicted octanol–water partition coefficient (Wildman–Crippen LogP) is 1.05. The number of hydrogen-bond acceptors (Lipinski definition) is 3. The molecule has 0 spiro atoms. The van der Waals surface area contributed by atoms with Crippen LogP contribution < -0.4 is 5.73 Å². The summed E-state index contributed by atoms with van der Waals surface area (Å²) in [6.07, 6.45) is 3.47. The molecular formula is C11H21NO2. The molecule has 3 heteroatoms. The van der Waals surface area contributed by atoms with Gasteiger partial charge in [0.25, 0.3) is 0 Å². The van der Waals surface area contributed by atoms with Crippen molar-refractivity contribution in [2.45, 2.75) is 50.7 Å². The lowest BCUT2D eigenvalue weighted by atomic mass is 9.53. The van der Waals surface area contributed by atoms with Crippen LogP contribution in [0, 0.1) is 5.41 Å². The van der Waals surface area contributed by atoms with E-state index in [1.165, 1.54) is 0 Å². The van der Waals surface area contributed by atoms with E-state index in [9.17, 15) is 5.11 Å². The highest BCUT2D eigenvalue weighted by atomic mass is 16.5. The summed E-state index contributed by atoms with van der Waals surface area (Å²) >= 11 is 0. The highest BCUT2D eigenvalue weighted by molar-refractivity contribution is 5.14. The van der Waals surface area contributed by atoms with E-state index in [0.717, 1.165) is 32.3 Å². The Morgan fingerprint density at radius 1 is 1.29 bits per heavy atom. The number of aliphatic hydroxyl groups is 1. The maximum absolute atomic E-state index is 10.4. The molecule has 0 aromatic heterocycles. The van der Waals surface area contributed by atoms with Gasteiger partial charge in [-0.25, -0.2) is 0 Å². The average molecular weight is 199 g/mol.